The molecule has 0 aromatic heterocycles. The van der Waals surface area contributed by atoms with Crippen molar-refractivity contribution >= 4 is 39.3 Å². The van der Waals surface area contributed by atoms with E-state index in [1.165, 1.54) is 13.8 Å². The van der Waals surface area contributed by atoms with Crippen molar-refractivity contribution in [3.63, 3.8) is 0 Å². The van der Waals surface area contributed by atoms with Crippen molar-refractivity contribution in [3.8, 4) is 0 Å². The van der Waals surface area contributed by atoms with Crippen LogP contribution >= 0.6 is 0 Å². The Hall–Kier alpha value is -2.10. The minimum atomic E-state index is -4.07. The van der Waals surface area contributed by atoms with E-state index in [0.717, 1.165) is 63.5 Å². The first-order chi connectivity index (χ1) is 22.6. The number of azide groups is 2. The minimum absolute atomic E-state index is 0.000588. The fourth-order valence-corrected chi connectivity index (χ4v) is 17.3. The standard InChI is InChI=1S/C30H52N6O8S4/c1-25(33-35-31)23-29(47(41,42)27-17-11-9-12-18-27)45(37,38)21-15-7-5-3-4-6-8-16-22-46(39,40)30(24-26(2)34-36-32)48(43,44)28-19-13-10-14-20-28/h23-24,27-30H,3-22H2,1-2H3. The lowest BCUT2D eigenvalue weighted by molar-refractivity contribution is 0.482. The molecule has 0 aromatic carbocycles. The summed E-state index contributed by atoms with van der Waals surface area (Å²) in [5.74, 6) is -0.611. The second-order valence-electron chi connectivity index (χ2n) is 13.0. The lowest BCUT2D eigenvalue weighted by Gasteiger charge is -2.26. The first kappa shape index (κ1) is 42.1. The Balaban J connectivity index is 1.86. The van der Waals surface area contributed by atoms with Crippen molar-refractivity contribution in [2.24, 2.45) is 10.2 Å². The number of hydrogen-bond acceptors (Lipinski definition) is 10. The minimum Gasteiger partial charge on any atom is -0.227 e. The van der Waals surface area contributed by atoms with Gasteiger partial charge in [0.2, 0.25) is 0 Å². The van der Waals surface area contributed by atoms with Gasteiger partial charge in [-0.2, -0.15) is 0 Å². The van der Waals surface area contributed by atoms with Crippen LogP contribution in [0.25, 0.3) is 20.9 Å². The second-order valence-corrected chi connectivity index (χ2v) is 22.8. The van der Waals surface area contributed by atoms with Gasteiger partial charge in [0.25, 0.3) is 0 Å². The summed E-state index contributed by atoms with van der Waals surface area (Å²) in [7, 11) is -16.2. The van der Waals surface area contributed by atoms with Gasteiger partial charge in [-0.3, -0.25) is 0 Å². The van der Waals surface area contributed by atoms with Crippen LogP contribution in [0.3, 0.4) is 0 Å². The molecule has 0 saturated heterocycles. The maximum Gasteiger partial charge on any atom is 0.181 e. The van der Waals surface area contributed by atoms with Gasteiger partial charge in [-0.1, -0.05) is 87.3 Å². The Labute approximate surface area is 287 Å². The third kappa shape index (κ3) is 13.0. The molecule has 0 radical (unpaired) electrons. The molecule has 18 heteroatoms. The van der Waals surface area contributed by atoms with E-state index in [-0.39, 0.29) is 35.7 Å². The van der Waals surface area contributed by atoms with Crippen LogP contribution in [0.5, 0.6) is 0 Å². The van der Waals surface area contributed by atoms with Gasteiger partial charge in [0.15, 0.2) is 48.5 Å². The molecule has 2 atom stereocenters. The molecule has 0 spiro atoms. The zero-order valence-electron chi connectivity index (χ0n) is 28.2. The smallest absolute Gasteiger partial charge is 0.181 e. The molecule has 0 aromatic rings. The van der Waals surface area contributed by atoms with Crippen LogP contribution in [0.1, 0.15) is 129 Å². The Kier molecular flexibility index (Phi) is 17.5. The molecular formula is C30H52N6O8S4. The Morgan fingerprint density at radius 2 is 0.854 bits per heavy atom. The van der Waals surface area contributed by atoms with Crippen LogP contribution in [0.15, 0.2) is 33.8 Å². The van der Waals surface area contributed by atoms with Gasteiger partial charge in [0.1, 0.15) is 0 Å². The highest BCUT2D eigenvalue weighted by molar-refractivity contribution is 8.10. The molecule has 2 aliphatic carbocycles. The van der Waals surface area contributed by atoms with Gasteiger partial charge in [0.05, 0.1) is 22.0 Å². The molecule has 14 nitrogen and oxygen atoms in total. The van der Waals surface area contributed by atoms with Gasteiger partial charge >= 0.3 is 0 Å². The van der Waals surface area contributed by atoms with Crippen LogP contribution in [0.4, 0.5) is 0 Å². The van der Waals surface area contributed by atoms with Gasteiger partial charge < -0.3 is 0 Å². The molecule has 48 heavy (non-hydrogen) atoms. The lowest BCUT2D eigenvalue weighted by atomic mass is 10.0. The molecule has 0 aliphatic heterocycles. The topological polar surface area (TPSA) is 234 Å². The summed E-state index contributed by atoms with van der Waals surface area (Å²) in [4.78, 5) is 5.30. The van der Waals surface area contributed by atoms with Crippen molar-refractivity contribution in [2.75, 3.05) is 11.5 Å². The number of sulfone groups is 4. The average molecular weight is 753 g/mol. The molecule has 0 bridgehead atoms. The van der Waals surface area contributed by atoms with E-state index in [0.29, 0.717) is 51.4 Å². The normalized spacial score (nSPS) is 19.2. The lowest BCUT2D eigenvalue weighted by Crippen LogP contribution is -2.38. The third-order valence-corrected chi connectivity index (χ3v) is 20.3. The first-order valence-electron chi connectivity index (χ1n) is 16.9. The average Bonchev–Trinajstić information content (AvgIpc) is 3.04. The van der Waals surface area contributed by atoms with E-state index in [4.69, 9.17) is 11.1 Å². The first-order valence-corrected chi connectivity index (χ1v) is 23.6. The summed E-state index contributed by atoms with van der Waals surface area (Å²) in [6, 6.07) is 0. The van der Waals surface area contributed by atoms with E-state index < -0.39 is 59.0 Å². The molecular weight excluding hydrogens is 701 g/mol. The van der Waals surface area contributed by atoms with Gasteiger partial charge in [-0.25, -0.2) is 33.7 Å². The van der Waals surface area contributed by atoms with Crippen molar-refractivity contribution < 1.29 is 33.7 Å². The summed E-state index contributed by atoms with van der Waals surface area (Å²) in [6.07, 6.45) is 13.2. The third-order valence-electron chi connectivity index (χ3n) is 9.16. The van der Waals surface area contributed by atoms with E-state index in [9.17, 15) is 33.7 Å². The van der Waals surface area contributed by atoms with Crippen molar-refractivity contribution in [2.45, 2.75) is 149 Å². The van der Waals surface area contributed by atoms with E-state index in [2.05, 4.69) is 20.1 Å². The maximum absolute atomic E-state index is 13.4. The molecule has 2 aliphatic rings. The van der Waals surface area contributed by atoms with Crippen LogP contribution in [0.2, 0.25) is 0 Å². The predicted molar refractivity (Wildman–Crippen MR) is 189 cm³/mol. The van der Waals surface area contributed by atoms with Gasteiger partial charge in [-0.05, 0) is 75.6 Å². The Morgan fingerprint density at radius 3 is 1.15 bits per heavy atom. The SMILES string of the molecule is CC(=CC(S(=O)(=O)CCCCCCCCCCS(=O)(=O)C(C=C(C)N=[N+]=[N-])S(=O)(=O)C1CCCCC1)S(=O)(=O)C1CCCCC1)N=[N+]=[N-]. The van der Waals surface area contributed by atoms with Crippen LogP contribution < -0.4 is 0 Å². The highest BCUT2D eigenvalue weighted by Crippen LogP contribution is 2.31. The number of allylic oxidation sites excluding steroid dienone is 2. The molecule has 274 valence electrons. The highest BCUT2D eigenvalue weighted by atomic mass is 32.3. The van der Waals surface area contributed by atoms with E-state index in [1.54, 1.807) is 0 Å². The number of hydrogen-bond donors (Lipinski definition) is 0. The zero-order chi connectivity index (χ0) is 35.8. The second kappa shape index (κ2) is 19.9. The number of nitrogens with zero attached hydrogens (tertiary/aromatic N) is 6. The summed E-state index contributed by atoms with van der Waals surface area (Å²) >= 11 is 0. The van der Waals surface area contributed by atoms with Crippen molar-refractivity contribution in [1.82, 2.24) is 0 Å². The number of rotatable bonds is 21. The van der Waals surface area contributed by atoms with Gasteiger partial charge in [-0.15, -0.1) is 0 Å². The summed E-state index contributed by atoms with van der Waals surface area (Å²) < 4.78 is 103. The molecule has 2 unspecified atom stereocenters. The highest BCUT2D eigenvalue weighted by Gasteiger charge is 2.42. The summed E-state index contributed by atoms with van der Waals surface area (Å²) in [5, 5.41) is 5.32. The van der Waals surface area contributed by atoms with Crippen LogP contribution in [-0.4, -0.2) is 64.8 Å². The summed E-state index contributed by atoms with van der Waals surface area (Å²) in [6.45, 7) is 2.77. The fourth-order valence-electron chi connectivity index (χ4n) is 6.47. The van der Waals surface area contributed by atoms with Crippen LogP contribution in [0, 0.1) is 0 Å². The maximum atomic E-state index is 13.4. The van der Waals surface area contributed by atoms with E-state index in [1.807, 2.05) is 0 Å². The number of unbranched alkanes of at least 4 members (excludes halogenated alkanes) is 7. The van der Waals surface area contributed by atoms with Crippen molar-refractivity contribution in [3.05, 3.63) is 44.4 Å². The fraction of sp³-hybridized carbons (Fsp3) is 0.867. The molecule has 0 amide bonds. The molecule has 2 fully saturated rings. The quantitative estimate of drug-likeness (QED) is 0.0491. The Morgan fingerprint density at radius 1 is 0.562 bits per heavy atom. The molecule has 0 N–H and O–H groups in total. The predicted octanol–water partition coefficient (Wildman–Crippen LogP) is 7.51. The zero-order valence-corrected chi connectivity index (χ0v) is 31.5. The van der Waals surface area contributed by atoms with Crippen LogP contribution in [-0.2, 0) is 39.3 Å². The monoisotopic (exact) mass is 752 g/mol. The van der Waals surface area contributed by atoms with Gasteiger partial charge in [0, 0.05) is 21.2 Å². The molecule has 2 saturated carbocycles. The molecule has 0 heterocycles. The largest absolute Gasteiger partial charge is 0.227 e. The summed E-state index contributed by atoms with van der Waals surface area (Å²) in [5.41, 5.74) is 17.5. The Bertz CT molecular complexity index is 1530. The van der Waals surface area contributed by atoms with E-state index >= 15 is 0 Å². The molecule has 2 rings (SSSR count). The van der Waals surface area contributed by atoms with Crippen molar-refractivity contribution in [1.29, 1.82) is 0 Å².